The first-order valence-corrected chi connectivity index (χ1v) is 12.2. The Morgan fingerprint density at radius 3 is 2.54 bits per heavy atom. The second-order valence-corrected chi connectivity index (χ2v) is 8.72. The summed E-state index contributed by atoms with van der Waals surface area (Å²) in [5, 5.41) is 6.14. The molecule has 10 heteroatoms. The highest BCUT2D eigenvalue weighted by Gasteiger charge is 2.18. The highest BCUT2D eigenvalue weighted by Crippen LogP contribution is 2.38. The molecule has 3 aromatic rings. The zero-order chi connectivity index (χ0) is 26.2. The van der Waals surface area contributed by atoms with Gasteiger partial charge < -0.3 is 29.9 Å². The molecular formula is C27H33N7O3. The Balaban J connectivity index is 1.61. The molecule has 1 aliphatic rings. The average molecular weight is 504 g/mol. The maximum absolute atomic E-state index is 12.2. The molecule has 1 aliphatic heterocycles. The van der Waals surface area contributed by atoms with Crippen LogP contribution in [-0.2, 0) is 4.79 Å². The molecule has 1 saturated heterocycles. The molecular weight excluding hydrogens is 470 g/mol. The second kappa shape index (κ2) is 12.2. The molecule has 2 N–H and O–H groups in total. The van der Waals surface area contributed by atoms with Gasteiger partial charge in [-0.05, 0) is 62.3 Å². The van der Waals surface area contributed by atoms with E-state index in [1.165, 1.54) is 25.2 Å². The van der Waals surface area contributed by atoms with Crippen molar-refractivity contribution in [2.75, 3.05) is 63.0 Å². The van der Waals surface area contributed by atoms with E-state index in [4.69, 9.17) is 9.47 Å². The van der Waals surface area contributed by atoms with E-state index in [1.54, 1.807) is 14.2 Å². The van der Waals surface area contributed by atoms with Gasteiger partial charge in [-0.3, -0.25) is 4.79 Å². The summed E-state index contributed by atoms with van der Waals surface area (Å²) in [5.41, 5.74) is 2.89. The minimum Gasteiger partial charge on any atom is -0.497 e. The monoisotopic (exact) mass is 503 g/mol. The highest BCUT2D eigenvalue weighted by molar-refractivity contribution is 6.02. The smallest absolute Gasteiger partial charge is 0.247 e. The van der Waals surface area contributed by atoms with Crippen molar-refractivity contribution in [2.45, 2.75) is 12.8 Å². The van der Waals surface area contributed by atoms with Gasteiger partial charge in [0.25, 0.3) is 0 Å². The Hall–Kier alpha value is -4.18. The number of hydrogen-bond donors (Lipinski definition) is 2. The van der Waals surface area contributed by atoms with Crippen LogP contribution in [0.3, 0.4) is 0 Å². The number of ether oxygens (including phenoxy) is 2. The van der Waals surface area contributed by atoms with E-state index >= 15 is 0 Å². The fourth-order valence-corrected chi connectivity index (χ4v) is 4.21. The zero-order valence-electron chi connectivity index (χ0n) is 21.5. The zero-order valence-corrected chi connectivity index (χ0v) is 21.5. The Labute approximate surface area is 217 Å². The summed E-state index contributed by atoms with van der Waals surface area (Å²) in [6.45, 7) is 7.61. The van der Waals surface area contributed by atoms with Gasteiger partial charge in [0, 0.05) is 31.8 Å². The molecule has 37 heavy (non-hydrogen) atoms. The van der Waals surface area contributed by atoms with Crippen LogP contribution in [-0.4, -0.2) is 73.2 Å². The summed E-state index contributed by atoms with van der Waals surface area (Å²) < 4.78 is 10.9. The first kappa shape index (κ1) is 25.9. The van der Waals surface area contributed by atoms with E-state index in [9.17, 15) is 4.79 Å². The van der Waals surface area contributed by atoms with E-state index in [1.807, 2.05) is 43.4 Å². The van der Waals surface area contributed by atoms with Gasteiger partial charge >= 0.3 is 0 Å². The molecule has 1 aromatic heterocycles. The highest BCUT2D eigenvalue weighted by atomic mass is 16.5. The third-order valence-corrected chi connectivity index (χ3v) is 6.29. The molecule has 10 nitrogen and oxygen atoms in total. The molecule has 0 atom stereocenters. The van der Waals surface area contributed by atoms with Crippen molar-refractivity contribution in [1.82, 2.24) is 19.9 Å². The number of likely N-dealkylation sites (N-methyl/N-ethyl adjacent to an activating group) is 1. The molecule has 0 aliphatic carbocycles. The van der Waals surface area contributed by atoms with Crippen molar-refractivity contribution in [1.29, 1.82) is 0 Å². The van der Waals surface area contributed by atoms with Crippen molar-refractivity contribution in [2.24, 2.45) is 0 Å². The minimum atomic E-state index is -0.299. The van der Waals surface area contributed by atoms with Crippen LogP contribution in [0.5, 0.6) is 11.5 Å². The van der Waals surface area contributed by atoms with Gasteiger partial charge in [-0.2, -0.15) is 4.98 Å². The predicted molar refractivity (Wildman–Crippen MR) is 146 cm³/mol. The molecule has 1 fully saturated rings. The number of methoxy groups -OCH3 is 2. The number of anilines is 4. The number of likely N-dealkylation sites (tertiary alicyclic amines) is 1. The lowest BCUT2D eigenvalue weighted by Crippen LogP contribution is -2.32. The van der Waals surface area contributed by atoms with Crippen molar-refractivity contribution in [3.63, 3.8) is 0 Å². The van der Waals surface area contributed by atoms with E-state index in [0.29, 0.717) is 28.9 Å². The molecule has 4 rings (SSSR count). The maximum atomic E-state index is 12.2. The fourth-order valence-electron chi connectivity index (χ4n) is 4.21. The minimum absolute atomic E-state index is 0.299. The first-order chi connectivity index (χ1) is 18.0. The number of nitrogens with one attached hydrogen (secondary N) is 2. The third kappa shape index (κ3) is 6.53. The summed E-state index contributed by atoms with van der Waals surface area (Å²) in [4.78, 5) is 29.9. The van der Waals surface area contributed by atoms with Crippen LogP contribution in [0, 0.1) is 0 Å². The van der Waals surface area contributed by atoms with Gasteiger partial charge in [-0.25, -0.2) is 9.97 Å². The van der Waals surface area contributed by atoms with Crippen LogP contribution in [0.2, 0.25) is 0 Å². The lowest BCUT2D eigenvalue weighted by Gasteiger charge is -2.26. The van der Waals surface area contributed by atoms with Gasteiger partial charge in [-0.1, -0.05) is 6.58 Å². The SMILES string of the molecule is C=CC(=O)Nc1cc(Nc2ncnc(-c3ccc(OC)cc3)n2)c(OC)cc1N(C)CCN1CCCC1. The van der Waals surface area contributed by atoms with E-state index in [-0.39, 0.29) is 5.91 Å². The third-order valence-electron chi connectivity index (χ3n) is 6.29. The average Bonchev–Trinajstić information content (AvgIpc) is 3.46. The Morgan fingerprint density at radius 1 is 1.11 bits per heavy atom. The molecule has 1 amide bonds. The van der Waals surface area contributed by atoms with Crippen molar-refractivity contribution < 1.29 is 14.3 Å². The largest absolute Gasteiger partial charge is 0.497 e. The van der Waals surface area contributed by atoms with Crippen LogP contribution in [0.25, 0.3) is 11.4 Å². The number of nitrogens with zero attached hydrogens (tertiary/aromatic N) is 5. The lowest BCUT2D eigenvalue weighted by atomic mass is 10.2. The molecule has 194 valence electrons. The van der Waals surface area contributed by atoms with Crippen LogP contribution in [0.1, 0.15) is 12.8 Å². The van der Waals surface area contributed by atoms with Gasteiger partial charge in [0.2, 0.25) is 11.9 Å². The predicted octanol–water partition coefficient (Wildman–Crippen LogP) is 3.96. The van der Waals surface area contributed by atoms with E-state index in [0.717, 1.165) is 43.2 Å². The Morgan fingerprint density at radius 2 is 1.86 bits per heavy atom. The van der Waals surface area contributed by atoms with Gasteiger partial charge in [0.15, 0.2) is 5.82 Å². The first-order valence-electron chi connectivity index (χ1n) is 12.2. The topological polar surface area (TPSA) is 105 Å². The summed E-state index contributed by atoms with van der Waals surface area (Å²) in [7, 11) is 5.23. The maximum Gasteiger partial charge on any atom is 0.247 e. The number of hydrogen-bond acceptors (Lipinski definition) is 9. The standard InChI is InChI=1S/C27H33N7O3/c1-5-25(35)30-21-16-22(24(37-4)17-23(21)33(2)14-15-34-12-6-7-13-34)31-27-29-18-28-26(32-27)19-8-10-20(36-3)11-9-19/h5,8-11,16-18H,1,6-7,12-15H2,2-4H3,(H,30,35)(H,28,29,31,32). The number of carbonyl (C=O) groups is 1. The number of rotatable bonds is 11. The summed E-state index contributed by atoms with van der Waals surface area (Å²) >= 11 is 0. The fraction of sp³-hybridized carbons (Fsp3) is 0.333. The molecule has 2 aromatic carbocycles. The molecule has 0 radical (unpaired) electrons. The van der Waals surface area contributed by atoms with Crippen LogP contribution >= 0.6 is 0 Å². The molecule has 0 saturated carbocycles. The van der Waals surface area contributed by atoms with Gasteiger partial charge in [0.1, 0.15) is 17.8 Å². The van der Waals surface area contributed by atoms with E-state index < -0.39 is 0 Å². The Kier molecular flexibility index (Phi) is 8.52. The lowest BCUT2D eigenvalue weighted by molar-refractivity contribution is -0.111. The molecule has 0 bridgehead atoms. The van der Waals surface area contributed by atoms with Crippen molar-refractivity contribution in [3.05, 3.63) is 55.4 Å². The van der Waals surface area contributed by atoms with Crippen LogP contribution in [0.15, 0.2) is 55.4 Å². The molecule has 2 heterocycles. The number of benzene rings is 2. The summed E-state index contributed by atoms with van der Waals surface area (Å²) in [5.74, 6) is 1.89. The molecule has 0 unspecified atom stereocenters. The summed E-state index contributed by atoms with van der Waals surface area (Å²) in [6, 6.07) is 11.2. The van der Waals surface area contributed by atoms with Gasteiger partial charge in [-0.15, -0.1) is 0 Å². The number of aromatic nitrogens is 3. The Bertz CT molecular complexity index is 1230. The molecule has 0 spiro atoms. The van der Waals surface area contributed by atoms with Crippen molar-refractivity contribution in [3.8, 4) is 22.9 Å². The van der Waals surface area contributed by atoms with Gasteiger partial charge in [0.05, 0.1) is 31.3 Å². The summed E-state index contributed by atoms with van der Waals surface area (Å²) in [6.07, 6.45) is 5.19. The van der Waals surface area contributed by atoms with E-state index in [2.05, 4.69) is 42.0 Å². The number of amides is 1. The van der Waals surface area contributed by atoms with Crippen LogP contribution in [0.4, 0.5) is 23.0 Å². The quantitative estimate of drug-likeness (QED) is 0.376. The second-order valence-electron chi connectivity index (χ2n) is 8.72. The normalized spacial score (nSPS) is 13.2. The number of carbonyl (C=O) groups excluding carboxylic acids is 1. The van der Waals surface area contributed by atoms with Crippen molar-refractivity contribution >= 4 is 28.9 Å². The van der Waals surface area contributed by atoms with Crippen LogP contribution < -0.4 is 25.0 Å².